The molecule has 0 radical (unpaired) electrons. The number of aryl methyl sites for hydroxylation is 1. The average molecular weight is 243 g/mol. The molecule has 1 heterocycles. The number of hydrogen-bond donors (Lipinski definition) is 2. The number of H-pyrrole nitrogens is 1. The number of carbonyl (C=O) groups is 1. The highest BCUT2D eigenvalue weighted by molar-refractivity contribution is 5.85. The second-order valence-corrected chi connectivity index (χ2v) is 5.26. The fourth-order valence-corrected chi connectivity index (χ4v) is 3.04. The Morgan fingerprint density at radius 1 is 1.44 bits per heavy atom. The van der Waals surface area contributed by atoms with Gasteiger partial charge in [0, 0.05) is 16.6 Å². The summed E-state index contributed by atoms with van der Waals surface area (Å²) < 4.78 is 0. The molecular weight excluding hydrogens is 226 g/mol. The Bertz CT molecular complexity index is 600. The van der Waals surface area contributed by atoms with Crippen LogP contribution < -0.4 is 0 Å². The second-order valence-electron chi connectivity index (χ2n) is 5.26. The summed E-state index contributed by atoms with van der Waals surface area (Å²) >= 11 is 0. The van der Waals surface area contributed by atoms with Crippen molar-refractivity contribution < 1.29 is 9.90 Å². The number of para-hydroxylation sites is 1. The Hall–Kier alpha value is -1.77. The molecule has 0 spiro atoms. The van der Waals surface area contributed by atoms with Gasteiger partial charge in [0.1, 0.15) is 0 Å². The van der Waals surface area contributed by atoms with Gasteiger partial charge in [-0.05, 0) is 36.8 Å². The van der Waals surface area contributed by atoms with Gasteiger partial charge in [0.25, 0.3) is 0 Å². The van der Waals surface area contributed by atoms with E-state index in [-0.39, 0.29) is 11.8 Å². The summed E-state index contributed by atoms with van der Waals surface area (Å²) in [5.41, 5.74) is 3.80. The van der Waals surface area contributed by atoms with Crippen LogP contribution in [0.15, 0.2) is 24.3 Å². The summed E-state index contributed by atoms with van der Waals surface area (Å²) in [6.45, 7) is 1.82. The van der Waals surface area contributed by atoms with Crippen molar-refractivity contribution in [2.45, 2.75) is 26.2 Å². The molecule has 1 aromatic carbocycles. The molecule has 0 saturated carbocycles. The van der Waals surface area contributed by atoms with E-state index in [2.05, 4.69) is 23.2 Å². The molecule has 2 atom stereocenters. The molecule has 1 aliphatic carbocycles. The molecule has 0 fully saturated rings. The fourth-order valence-electron chi connectivity index (χ4n) is 3.04. The lowest BCUT2D eigenvalue weighted by Crippen LogP contribution is -2.26. The molecule has 0 amide bonds. The van der Waals surface area contributed by atoms with Gasteiger partial charge in [0.05, 0.1) is 5.92 Å². The lowest BCUT2D eigenvalue weighted by molar-refractivity contribution is -0.143. The maximum atomic E-state index is 11.1. The van der Waals surface area contributed by atoms with Crippen LogP contribution in [0.5, 0.6) is 0 Å². The van der Waals surface area contributed by atoms with E-state index in [4.69, 9.17) is 5.11 Å². The molecular formula is C15H17NO2. The highest BCUT2D eigenvalue weighted by Crippen LogP contribution is 2.34. The Morgan fingerprint density at radius 3 is 3.00 bits per heavy atom. The molecule has 1 aliphatic rings. The van der Waals surface area contributed by atoms with E-state index in [0.29, 0.717) is 0 Å². The van der Waals surface area contributed by atoms with Crippen molar-refractivity contribution in [3.63, 3.8) is 0 Å². The lowest BCUT2D eigenvalue weighted by Gasteiger charge is -2.25. The van der Waals surface area contributed by atoms with Crippen molar-refractivity contribution in [2.24, 2.45) is 11.8 Å². The average Bonchev–Trinajstić information content (AvgIpc) is 2.75. The van der Waals surface area contributed by atoms with E-state index >= 15 is 0 Å². The van der Waals surface area contributed by atoms with Crippen molar-refractivity contribution in [1.29, 1.82) is 0 Å². The van der Waals surface area contributed by atoms with Crippen LogP contribution in [0.3, 0.4) is 0 Å². The molecule has 1 aromatic heterocycles. The molecule has 2 unspecified atom stereocenters. The zero-order chi connectivity index (χ0) is 12.7. The number of rotatable bonds is 2. The van der Waals surface area contributed by atoms with Gasteiger partial charge in [-0.3, -0.25) is 4.79 Å². The number of aliphatic carboxylic acids is 1. The van der Waals surface area contributed by atoms with Gasteiger partial charge >= 0.3 is 5.97 Å². The van der Waals surface area contributed by atoms with E-state index in [1.165, 1.54) is 22.2 Å². The predicted octanol–water partition coefficient (Wildman–Crippen LogP) is 2.99. The number of carboxylic acids is 1. The third-order valence-electron chi connectivity index (χ3n) is 4.23. The number of nitrogens with one attached hydrogen (secondary N) is 1. The van der Waals surface area contributed by atoms with Crippen LogP contribution >= 0.6 is 0 Å². The summed E-state index contributed by atoms with van der Waals surface area (Å²) in [6, 6.07) is 8.32. The normalized spacial score (nSPS) is 20.6. The minimum absolute atomic E-state index is 0.253. The number of aromatic amines is 1. The minimum Gasteiger partial charge on any atom is -0.481 e. The smallest absolute Gasteiger partial charge is 0.306 e. The van der Waals surface area contributed by atoms with Crippen LogP contribution in [0.25, 0.3) is 10.9 Å². The molecule has 3 nitrogen and oxygen atoms in total. The monoisotopic (exact) mass is 243 g/mol. The Balaban J connectivity index is 1.96. The predicted molar refractivity (Wildman–Crippen MR) is 70.6 cm³/mol. The first kappa shape index (κ1) is 11.3. The summed E-state index contributed by atoms with van der Waals surface area (Å²) in [4.78, 5) is 14.5. The molecule has 0 saturated heterocycles. The molecule has 94 valence electrons. The van der Waals surface area contributed by atoms with E-state index in [1.807, 2.05) is 13.0 Å². The van der Waals surface area contributed by atoms with Crippen molar-refractivity contribution in [3.8, 4) is 0 Å². The molecule has 0 bridgehead atoms. The van der Waals surface area contributed by atoms with E-state index in [1.54, 1.807) is 0 Å². The van der Waals surface area contributed by atoms with Gasteiger partial charge in [0.15, 0.2) is 0 Å². The second kappa shape index (κ2) is 4.16. The number of hydrogen-bond acceptors (Lipinski definition) is 1. The molecule has 3 rings (SSSR count). The van der Waals surface area contributed by atoms with Crippen molar-refractivity contribution in [1.82, 2.24) is 4.98 Å². The van der Waals surface area contributed by atoms with Gasteiger partial charge in [-0.15, -0.1) is 0 Å². The van der Waals surface area contributed by atoms with Crippen LogP contribution in [-0.4, -0.2) is 16.1 Å². The number of benzene rings is 1. The molecule has 2 N–H and O–H groups in total. The zero-order valence-electron chi connectivity index (χ0n) is 10.4. The minimum atomic E-state index is -0.681. The van der Waals surface area contributed by atoms with E-state index in [0.717, 1.165) is 19.3 Å². The highest BCUT2D eigenvalue weighted by atomic mass is 16.4. The zero-order valence-corrected chi connectivity index (χ0v) is 10.4. The van der Waals surface area contributed by atoms with E-state index < -0.39 is 5.97 Å². The maximum absolute atomic E-state index is 11.1. The third kappa shape index (κ3) is 1.70. The van der Waals surface area contributed by atoms with Crippen molar-refractivity contribution in [3.05, 3.63) is 35.5 Å². The van der Waals surface area contributed by atoms with Crippen LogP contribution in [0.4, 0.5) is 0 Å². The number of fused-ring (bicyclic) bond motifs is 3. The van der Waals surface area contributed by atoms with Crippen LogP contribution in [-0.2, 0) is 17.6 Å². The van der Waals surface area contributed by atoms with Gasteiger partial charge in [-0.25, -0.2) is 0 Å². The number of carboxylic acid groups (broad SMARTS) is 1. The first-order chi connectivity index (χ1) is 8.66. The van der Waals surface area contributed by atoms with Gasteiger partial charge < -0.3 is 10.1 Å². The summed E-state index contributed by atoms with van der Waals surface area (Å²) in [5.74, 6) is -0.688. The highest BCUT2D eigenvalue weighted by Gasteiger charge is 2.29. The standard InChI is InChI=1S/C15H17NO2/c1-9(15(17)18)10-6-7-12-11-4-2-3-5-13(11)16-14(12)8-10/h2-5,9-10,16H,6-8H2,1H3,(H,17,18). The van der Waals surface area contributed by atoms with Crippen LogP contribution in [0.2, 0.25) is 0 Å². The Kier molecular flexibility index (Phi) is 2.62. The SMILES string of the molecule is CC(C(=O)O)C1CCc2c([nH]c3ccccc23)C1. The van der Waals surface area contributed by atoms with Crippen molar-refractivity contribution in [2.75, 3.05) is 0 Å². The van der Waals surface area contributed by atoms with Gasteiger partial charge in [0.2, 0.25) is 0 Å². The molecule has 18 heavy (non-hydrogen) atoms. The first-order valence-corrected chi connectivity index (χ1v) is 6.48. The fraction of sp³-hybridized carbons (Fsp3) is 0.400. The first-order valence-electron chi connectivity index (χ1n) is 6.48. The Labute approximate surface area is 106 Å². The summed E-state index contributed by atoms with van der Waals surface area (Å²) in [6.07, 6.45) is 2.82. The van der Waals surface area contributed by atoms with Crippen LogP contribution in [0.1, 0.15) is 24.6 Å². The lowest BCUT2D eigenvalue weighted by atomic mass is 9.80. The number of aromatic nitrogens is 1. The molecule has 3 heteroatoms. The van der Waals surface area contributed by atoms with Gasteiger partial charge in [-0.2, -0.15) is 0 Å². The van der Waals surface area contributed by atoms with E-state index in [9.17, 15) is 4.79 Å². The van der Waals surface area contributed by atoms with Crippen molar-refractivity contribution >= 4 is 16.9 Å². The third-order valence-corrected chi connectivity index (χ3v) is 4.23. The molecule has 2 aromatic rings. The maximum Gasteiger partial charge on any atom is 0.306 e. The molecule has 0 aliphatic heterocycles. The summed E-state index contributed by atoms with van der Waals surface area (Å²) in [7, 11) is 0. The quantitative estimate of drug-likeness (QED) is 0.852. The van der Waals surface area contributed by atoms with Crippen LogP contribution in [0, 0.1) is 11.8 Å². The van der Waals surface area contributed by atoms with Gasteiger partial charge in [-0.1, -0.05) is 25.1 Å². The topological polar surface area (TPSA) is 53.1 Å². The Morgan fingerprint density at radius 2 is 2.22 bits per heavy atom. The largest absolute Gasteiger partial charge is 0.481 e. The summed E-state index contributed by atoms with van der Waals surface area (Å²) in [5, 5.41) is 10.4.